The van der Waals surface area contributed by atoms with Gasteiger partial charge in [0.15, 0.2) is 0 Å². The van der Waals surface area contributed by atoms with Gasteiger partial charge in [-0.25, -0.2) is 8.78 Å². The second-order valence-corrected chi connectivity index (χ2v) is 5.53. The van der Waals surface area contributed by atoms with Gasteiger partial charge in [-0.1, -0.05) is 15.9 Å². The van der Waals surface area contributed by atoms with Gasteiger partial charge in [0.1, 0.15) is 11.6 Å². The molecule has 0 radical (unpaired) electrons. The summed E-state index contributed by atoms with van der Waals surface area (Å²) in [6.07, 6.45) is 0. The number of nitrogens with one attached hydrogen (secondary N) is 1. The van der Waals surface area contributed by atoms with Crippen molar-refractivity contribution >= 4 is 37.5 Å². The van der Waals surface area contributed by atoms with Gasteiger partial charge in [0.25, 0.3) is 0 Å². The molecular weight excluding hydrogens is 368 g/mol. The summed E-state index contributed by atoms with van der Waals surface area (Å²) in [6, 6.07) is 9.15. The molecule has 1 nitrogen and oxygen atoms in total. The third-order valence-electron chi connectivity index (χ3n) is 2.33. The lowest BCUT2D eigenvalue weighted by molar-refractivity contribution is 0.580. The minimum Gasteiger partial charge on any atom is -0.380 e. The van der Waals surface area contributed by atoms with Crippen LogP contribution in [0.4, 0.5) is 14.5 Å². The maximum Gasteiger partial charge on any atom is 0.126 e. The van der Waals surface area contributed by atoms with Crippen LogP contribution in [-0.4, -0.2) is 0 Å². The fraction of sp³-hybridized carbons (Fsp3) is 0.0769. The maximum absolute atomic E-state index is 13.0. The van der Waals surface area contributed by atoms with Crippen molar-refractivity contribution in [2.24, 2.45) is 0 Å². The van der Waals surface area contributed by atoms with Gasteiger partial charge in [0, 0.05) is 27.2 Å². The zero-order chi connectivity index (χ0) is 13.1. The predicted molar refractivity (Wildman–Crippen MR) is 75.5 cm³/mol. The number of anilines is 1. The van der Waals surface area contributed by atoms with Crippen LogP contribution in [0.25, 0.3) is 0 Å². The fourth-order valence-electron chi connectivity index (χ4n) is 1.54. The third-order valence-corrected chi connectivity index (χ3v) is 3.52. The first-order valence-corrected chi connectivity index (χ1v) is 6.77. The minimum absolute atomic E-state index is 0.351. The number of rotatable bonds is 3. The molecule has 0 atom stereocenters. The highest BCUT2D eigenvalue weighted by atomic mass is 79.9. The Morgan fingerprint density at radius 3 is 2.28 bits per heavy atom. The van der Waals surface area contributed by atoms with E-state index in [0.717, 1.165) is 20.7 Å². The van der Waals surface area contributed by atoms with E-state index in [1.165, 1.54) is 12.1 Å². The van der Waals surface area contributed by atoms with Gasteiger partial charge in [-0.15, -0.1) is 0 Å². The quantitative estimate of drug-likeness (QED) is 0.785. The van der Waals surface area contributed by atoms with E-state index in [1.54, 1.807) is 0 Å². The van der Waals surface area contributed by atoms with Crippen LogP contribution >= 0.6 is 31.9 Å². The van der Waals surface area contributed by atoms with Gasteiger partial charge in [-0.3, -0.25) is 0 Å². The Balaban J connectivity index is 2.13. The van der Waals surface area contributed by atoms with E-state index in [9.17, 15) is 8.78 Å². The summed E-state index contributed by atoms with van der Waals surface area (Å²) in [5, 5.41) is 3.11. The highest BCUT2D eigenvalue weighted by Crippen LogP contribution is 2.26. The summed E-state index contributed by atoms with van der Waals surface area (Å²) in [4.78, 5) is 0. The molecule has 0 aliphatic heterocycles. The minimum atomic E-state index is -0.569. The van der Waals surface area contributed by atoms with Gasteiger partial charge < -0.3 is 5.32 Å². The lowest BCUT2D eigenvalue weighted by Gasteiger charge is -2.09. The van der Waals surface area contributed by atoms with Crippen molar-refractivity contribution < 1.29 is 8.78 Å². The zero-order valence-corrected chi connectivity index (χ0v) is 12.4. The molecule has 2 aromatic rings. The van der Waals surface area contributed by atoms with Crippen molar-refractivity contribution in [3.05, 3.63) is 62.5 Å². The molecule has 0 amide bonds. The van der Waals surface area contributed by atoms with E-state index in [4.69, 9.17) is 0 Å². The Labute approximate surface area is 120 Å². The Morgan fingerprint density at radius 1 is 0.944 bits per heavy atom. The molecule has 0 aliphatic carbocycles. The van der Waals surface area contributed by atoms with Crippen LogP contribution in [0, 0.1) is 11.6 Å². The molecule has 0 aliphatic rings. The third kappa shape index (κ3) is 3.53. The van der Waals surface area contributed by atoms with Crippen LogP contribution in [0.2, 0.25) is 0 Å². The van der Waals surface area contributed by atoms with Crippen LogP contribution < -0.4 is 5.32 Å². The van der Waals surface area contributed by atoms with Gasteiger partial charge in [0.2, 0.25) is 0 Å². The molecule has 0 fully saturated rings. The van der Waals surface area contributed by atoms with E-state index >= 15 is 0 Å². The summed E-state index contributed by atoms with van der Waals surface area (Å²) < 4.78 is 27.8. The topological polar surface area (TPSA) is 12.0 Å². The largest absolute Gasteiger partial charge is 0.380 e. The lowest BCUT2D eigenvalue weighted by Crippen LogP contribution is -2.01. The maximum atomic E-state index is 13.0. The van der Waals surface area contributed by atoms with E-state index in [-0.39, 0.29) is 0 Å². The highest BCUT2D eigenvalue weighted by molar-refractivity contribution is 9.11. The standard InChI is InChI=1S/C13H9Br2F2N/c14-9-1-2-12(15)13(5-9)18-7-8-3-10(16)6-11(17)4-8/h1-6,18H,7H2. The molecule has 5 heteroatoms. The normalized spacial score (nSPS) is 10.4. The second-order valence-electron chi connectivity index (χ2n) is 3.76. The Hall–Kier alpha value is -0.940. The van der Waals surface area contributed by atoms with Crippen LogP contribution in [0.3, 0.4) is 0 Å². The molecule has 0 unspecified atom stereocenters. The van der Waals surface area contributed by atoms with Crippen molar-refractivity contribution in [2.75, 3.05) is 5.32 Å². The molecule has 18 heavy (non-hydrogen) atoms. The van der Waals surface area contributed by atoms with Gasteiger partial charge in [-0.05, 0) is 51.8 Å². The predicted octanol–water partition coefficient (Wildman–Crippen LogP) is 5.10. The van der Waals surface area contributed by atoms with Crippen molar-refractivity contribution in [3.63, 3.8) is 0 Å². The molecule has 0 spiro atoms. The molecule has 2 rings (SSSR count). The molecule has 0 saturated heterocycles. The lowest BCUT2D eigenvalue weighted by atomic mass is 10.2. The fourth-order valence-corrected chi connectivity index (χ4v) is 2.29. The molecule has 2 aromatic carbocycles. The number of hydrogen-bond donors (Lipinski definition) is 1. The second kappa shape index (κ2) is 5.80. The molecule has 0 saturated carbocycles. The van der Waals surface area contributed by atoms with E-state index in [1.807, 2.05) is 18.2 Å². The number of halogens is 4. The van der Waals surface area contributed by atoms with Gasteiger partial charge in [-0.2, -0.15) is 0 Å². The first-order valence-electron chi connectivity index (χ1n) is 5.18. The van der Waals surface area contributed by atoms with Crippen molar-refractivity contribution in [1.82, 2.24) is 0 Å². The Bertz CT molecular complexity index is 553. The van der Waals surface area contributed by atoms with Crippen molar-refractivity contribution in [2.45, 2.75) is 6.54 Å². The average molecular weight is 377 g/mol. The summed E-state index contributed by atoms with van der Waals surface area (Å²) in [7, 11) is 0. The smallest absolute Gasteiger partial charge is 0.126 e. The van der Waals surface area contributed by atoms with Gasteiger partial charge >= 0.3 is 0 Å². The Kier molecular flexibility index (Phi) is 4.35. The van der Waals surface area contributed by atoms with E-state index < -0.39 is 11.6 Å². The molecule has 1 N–H and O–H groups in total. The number of hydrogen-bond acceptors (Lipinski definition) is 1. The van der Waals surface area contributed by atoms with Crippen molar-refractivity contribution in [1.29, 1.82) is 0 Å². The summed E-state index contributed by atoms with van der Waals surface area (Å²) in [6.45, 7) is 0.351. The molecule has 94 valence electrons. The van der Waals surface area contributed by atoms with Crippen LogP contribution in [0.15, 0.2) is 45.3 Å². The van der Waals surface area contributed by atoms with Gasteiger partial charge in [0.05, 0.1) is 0 Å². The summed E-state index contributed by atoms with van der Waals surface area (Å²) >= 11 is 6.77. The first kappa shape index (κ1) is 13.5. The zero-order valence-electron chi connectivity index (χ0n) is 9.18. The number of benzene rings is 2. The average Bonchev–Trinajstić information content (AvgIpc) is 2.29. The Morgan fingerprint density at radius 2 is 1.61 bits per heavy atom. The first-order chi connectivity index (χ1) is 8.54. The van der Waals surface area contributed by atoms with Crippen LogP contribution in [-0.2, 0) is 6.54 Å². The molecule has 0 aromatic heterocycles. The molecule has 0 heterocycles. The highest BCUT2D eigenvalue weighted by Gasteiger charge is 2.03. The van der Waals surface area contributed by atoms with Crippen molar-refractivity contribution in [3.8, 4) is 0 Å². The monoisotopic (exact) mass is 375 g/mol. The molecular formula is C13H9Br2F2N. The van der Waals surface area contributed by atoms with Crippen LogP contribution in [0.5, 0.6) is 0 Å². The van der Waals surface area contributed by atoms with E-state index in [0.29, 0.717) is 12.1 Å². The summed E-state index contributed by atoms with van der Waals surface area (Å²) in [5.41, 5.74) is 1.41. The SMILES string of the molecule is Fc1cc(F)cc(CNc2cc(Br)ccc2Br)c1. The van der Waals surface area contributed by atoms with Crippen LogP contribution in [0.1, 0.15) is 5.56 Å². The summed E-state index contributed by atoms with van der Waals surface area (Å²) in [5.74, 6) is -1.14. The van der Waals surface area contributed by atoms with E-state index in [2.05, 4.69) is 37.2 Å². The molecule has 0 bridgehead atoms.